The average molecular weight is 373 g/mol. The molecule has 4 N–H and O–H groups in total. The molecule has 7 nitrogen and oxygen atoms in total. The van der Waals surface area contributed by atoms with Crippen LogP contribution in [0.25, 0.3) is 0 Å². The van der Waals surface area contributed by atoms with Crippen molar-refractivity contribution in [3.05, 3.63) is 23.8 Å². The molecule has 7 heteroatoms. The number of carboxylic acids is 1. The largest absolute Gasteiger partial charge is 0.481 e. The van der Waals surface area contributed by atoms with Crippen LogP contribution < -0.4 is 16.0 Å². The van der Waals surface area contributed by atoms with Crippen LogP contribution in [0.1, 0.15) is 55.3 Å². The minimum Gasteiger partial charge on any atom is -0.481 e. The van der Waals surface area contributed by atoms with Crippen LogP contribution in [0.5, 0.6) is 0 Å². The number of carbonyl (C=O) groups is 3. The van der Waals surface area contributed by atoms with Gasteiger partial charge in [0.25, 0.3) is 0 Å². The van der Waals surface area contributed by atoms with Gasteiger partial charge in [0.15, 0.2) is 0 Å². The lowest BCUT2D eigenvalue weighted by Gasteiger charge is -2.31. The van der Waals surface area contributed by atoms with Crippen molar-refractivity contribution in [3.8, 4) is 0 Å². The Bertz CT molecular complexity index is 720. The lowest BCUT2D eigenvalue weighted by molar-refractivity contribution is -0.143. The van der Waals surface area contributed by atoms with E-state index in [1.54, 1.807) is 12.1 Å². The summed E-state index contributed by atoms with van der Waals surface area (Å²) < 4.78 is 0. The number of benzene rings is 1. The molecule has 2 fully saturated rings. The van der Waals surface area contributed by atoms with Gasteiger partial charge in [0.05, 0.1) is 17.3 Å². The first kappa shape index (κ1) is 19.2. The highest BCUT2D eigenvalue weighted by Gasteiger charge is 2.30. The second-order valence-electron chi connectivity index (χ2n) is 7.52. The van der Waals surface area contributed by atoms with Crippen molar-refractivity contribution >= 4 is 29.2 Å². The van der Waals surface area contributed by atoms with Gasteiger partial charge in [-0.2, -0.15) is 0 Å². The molecule has 1 saturated carbocycles. The lowest BCUT2D eigenvalue weighted by atomic mass is 9.81. The third kappa shape index (κ3) is 4.59. The number of primary amides is 1. The van der Waals surface area contributed by atoms with Crippen LogP contribution >= 0.6 is 0 Å². The molecule has 146 valence electrons. The first-order valence-electron chi connectivity index (χ1n) is 9.68. The Morgan fingerprint density at radius 2 is 1.63 bits per heavy atom. The molecule has 1 aliphatic carbocycles. The number of nitrogens with zero attached hydrogens (tertiary/aromatic N) is 1. The monoisotopic (exact) mass is 373 g/mol. The second kappa shape index (κ2) is 8.41. The van der Waals surface area contributed by atoms with Crippen LogP contribution in [0, 0.1) is 11.8 Å². The molecule has 3 rings (SSSR count). The third-order valence-corrected chi connectivity index (χ3v) is 5.68. The molecule has 1 saturated heterocycles. The van der Waals surface area contributed by atoms with Gasteiger partial charge in [-0.3, -0.25) is 14.4 Å². The minimum absolute atomic E-state index is 0.112. The quantitative estimate of drug-likeness (QED) is 0.734. The van der Waals surface area contributed by atoms with Crippen LogP contribution in [0.4, 0.5) is 11.4 Å². The molecular formula is C20H27N3O4. The first-order valence-corrected chi connectivity index (χ1v) is 9.68. The fourth-order valence-electron chi connectivity index (χ4n) is 4.04. The zero-order valence-electron chi connectivity index (χ0n) is 15.4. The molecule has 1 heterocycles. The lowest BCUT2D eigenvalue weighted by Crippen LogP contribution is -2.32. The normalized spacial score (nSPS) is 22.9. The Morgan fingerprint density at radius 3 is 2.22 bits per heavy atom. The molecule has 1 aromatic rings. The van der Waals surface area contributed by atoms with Crippen molar-refractivity contribution in [2.45, 2.75) is 44.9 Å². The summed E-state index contributed by atoms with van der Waals surface area (Å²) in [6, 6.07) is 5.19. The molecule has 2 aliphatic rings. The van der Waals surface area contributed by atoms with Gasteiger partial charge in [-0.1, -0.05) is 0 Å². The van der Waals surface area contributed by atoms with Crippen LogP contribution in [0.15, 0.2) is 18.2 Å². The van der Waals surface area contributed by atoms with Crippen LogP contribution in [0.2, 0.25) is 0 Å². The summed E-state index contributed by atoms with van der Waals surface area (Å²) in [5, 5.41) is 12.1. The zero-order chi connectivity index (χ0) is 19.4. The molecular weight excluding hydrogens is 346 g/mol. The maximum absolute atomic E-state index is 12.8. The van der Waals surface area contributed by atoms with E-state index in [-0.39, 0.29) is 17.7 Å². The first-order chi connectivity index (χ1) is 13.0. The topological polar surface area (TPSA) is 113 Å². The summed E-state index contributed by atoms with van der Waals surface area (Å²) in [6.07, 6.45) is 5.58. The van der Waals surface area contributed by atoms with E-state index in [4.69, 9.17) is 10.8 Å². The van der Waals surface area contributed by atoms with E-state index in [0.717, 1.165) is 31.6 Å². The molecule has 2 amide bonds. The van der Waals surface area contributed by atoms with E-state index in [1.165, 1.54) is 6.42 Å². The Kier molecular flexibility index (Phi) is 5.98. The van der Waals surface area contributed by atoms with Crippen molar-refractivity contribution in [2.75, 3.05) is 23.3 Å². The smallest absolute Gasteiger partial charge is 0.306 e. The number of piperidine rings is 1. The highest BCUT2D eigenvalue weighted by atomic mass is 16.4. The van der Waals surface area contributed by atoms with Gasteiger partial charge in [-0.05, 0) is 63.1 Å². The Labute approximate surface area is 158 Å². The average Bonchev–Trinajstić information content (AvgIpc) is 2.68. The van der Waals surface area contributed by atoms with E-state index < -0.39 is 11.9 Å². The Morgan fingerprint density at radius 1 is 1.00 bits per heavy atom. The molecule has 1 aliphatic heterocycles. The van der Waals surface area contributed by atoms with E-state index in [9.17, 15) is 14.4 Å². The van der Waals surface area contributed by atoms with Gasteiger partial charge in [0.2, 0.25) is 11.8 Å². The number of anilines is 2. The van der Waals surface area contributed by atoms with Gasteiger partial charge in [0.1, 0.15) is 0 Å². The molecule has 0 spiro atoms. The summed E-state index contributed by atoms with van der Waals surface area (Å²) >= 11 is 0. The van der Waals surface area contributed by atoms with Gasteiger partial charge >= 0.3 is 5.97 Å². The maximum Gasteiger partial charge on any atom is 0.306 e. The molecule has 27 heavy (non-hydrogen) atoms. The molecule has 0 bridgehead atoms. The summed E-state index contributed by atoms with van der Waals surface area (Å²) in [7, 11) is 0. The van der Waals surface area contributed by atoms with Crippen molar-refractivity contribution in [1.82, 2.24) is 0 Å². The van der Waals surface area contributed by atoms with E-state index in [2.05, 4.69) is 10.2 Å². The van der Waals surface area contributed by atoms with Crippen LogP contribution in [-0.4, -0.2) is 36.0 Å². The second-order valence-corrected chi connectivity index (χ2v) is 7.52. The number of hydrogen-bond acceptors (Lipinski definition) is 4. The summed E-state index contributed by atoms with van der Waals surface area (Å²) in [5.74, 6) is -1.98. The van der Waals surface area contributed by atoms with Crippen LogP contribution in [0.3, 0.4) is 0 Å². The number of carbonyl (C=O) groups excluding carboxylic acids is 2. The van der Waals surface area contributed by atoms with Gasteiger partial charge in [0, 0.05) is 24.6 Å². The number of rotatable bonds is 5. The summed E-state index contributed by atoms with van der Waals surface area (Å²) in [4.78, 5) is 37.7. The molecule has 0 aromatic heterocycles. The third-order valence-electron chi connectivity index (χ3n) is 5.68. The van der Waals surface area contributed by atoms with Crippen molar-refractivity contribution in [1.29, 1.82) is 0 Å². The summed E-state index contributed by atoms with van der Waals surface area (Å²) in [6.45, 7) is 1.84. The number of aliphatic carboxylic acids is 1. The molecule has 0 unspecified atom stereocenters. The highest BCUT2D eigenvalue weighted by molar-refractivity contribution is 6.00. The SMILES string of the molecule is NC(=O)c1ccc(N2CCCCC2)c(NC(=O)C2CCC(C(=O)O)CC2)c1. The Hall–Kier alpha value is -2.57. The van der Waals surface area contributed by atoms with Crippen molar-refractivity contribution in [3.63, 3.8) is 0 Å². The number of carboxylic acid groups (broad SMARTS) is 1. The number of hydrogen-bond donors (Lipinski definition) is 3. The summed E-state index contributed by atoms with van der Waals surface area (Å²) in [5.41, 5.74) is 7.29. The Balaban J connectivity index is 1.75. The predicted molar refractivity (Wildman–Crippen MR) is 103 cm³/mol. The van der Waals surface area contributed by atoms with E-state index >= 15 is 0 Å². The number of nitrogens with two attached hydrogens (primary N) is 1. The standard InChI is InChI=1S/C20H27N3O4/c21-18(24)15-8-9-17(23-10-2-1-3-11-23)16(12-15)22-19(25)13-4-6-14(7-5-13)20(26)27/h8-9,12-14H,1-7,10-11H2,(H2,21,24)(H,22,25)(H,26,27). The zero-order valence-corrected chi connectivity index (χ0v) is 15.4. The van der Waals surface area contributed by atoms with Crippen LogP contribution in [-0.2, 0) is 9.59 Å². The van der Waals surface area contributed by atoms with Gasteiger partial charge in [-0.25, -0.2) is 0 Å². The van der Waals surface area contributed by atoms with Crippen molar-refractivity contribution < 1.29 is 19.5 Å². The van der Waals surface area contributed by atoms with Gasteiger partial charge in [-0.15, -0.1) is 0 Å². The van der Waals surface area contributed by atoms with E-state index in [0.29, 0.717) is 36.9 Å². The van der Waals surface area contributed by atoms with E-state index in [1.807, 2.05) is 6.07 Å². The number of nitrogens with one attached hydrogen (secondary N) is 1. The fraction of sp³-hybridized carbons (Fsp3) is 0.550. The fourth-order valence-corrected chi connectivity index (χ4v) is 4.04. The minimum atomic E-state index is -0.782. The highest BCUT2D eigenvalue weighted by Crippen LogP contribution is 2.33. The molecule has 0 atom stereocenters. The maximum atomic E-state index is 12.8. The van der Waals surface area contributed by atoms with Crippen molar-refractivity contribution in [2.24, 2.45) is 17.6 Å². The predicted octanol–water partition coefficient (Wildman–Crippen LogP) is 2.61. The molecule has 1 aromatic carbocycles. The molecule has 0 radical (unpaired) electrons. The van der Waals surface area contributed by atoms with Gasteiger partial charge < -0.3 is 21.1 Å². The number of amides is 2.